The van der Waals surface area contributed by atoms with Gasteiger partial charge in [-0.2, -0.15) is 0 Å². The SMILES string of the molecule is O=C(O)CCN(CC(=O)N1CCOCC1)c1nccs1. The van der Waals surface area contributed by atoms with Crippen molar-refractivity contribution in [3.05, 3.63) is 11.6 Å². The van der Waals surface area contributed by atoms with Crippen molar-refractivity contribution in [3.8, 4) is 0 Å². The van der Waals surface area contributed by atoms with Gasteiger partial charge in [0.05, 0.1) is 26.2 Å². The highest BCUT2D eigenvalue weighted by molar-refractivity contribution is 7.13. The number of rotatable bonds is 6. The molecule has 0 aliphatic carbocycles. The molecule has 0 atom stereocenters. The highest BCUT2D eigenvalue weighted by Gasteiger charge is 2.21. The second kappa shape index (κ2) is 7.20. The van der Waals surface area contributed by atoms with Crippen molar-refractivity contribution in [2.24, 2.45) is 0 Å². The molecule has 2 rings (SSSR count). The smallest absolute Gasteiger partial charge is 0.305 e. The Kier molecular flexibility index (Phi) is 5.31. The lowest BCUT2D eigenvalue weighted by atomic mass is 10.3. The molecule has 110 valence electrons. The zero-order chi connectivity index (χ0) is 14.4. The van der Waals surface area contributed by atoms with Gasteiger partial charge in [0.25, 0.3) is 0 Å². The first kappa shape index (κ1) is 14.7. The zero-order valence-electron chi connectivity index (χ0n) is 11.0. The molecule has 1 saturated heterocycles. The van der Waals surface area contributed by atoms with Crippen molar-refractivity contribution in [2.75, 3.05) is 44.3 Å². The van der Waals surface area contributed by atoms with Crippen LogP contribution >= 0.6 is 11.3 Å². The number of morpholine rings is 1. The molecule has 0 aromatic carbocycles. The molecule has 0 saturated carbocycles. The quantitative estimate of drug-likeness (QED) is 0.812. The highest BCUT2D eigenvalue weighted by Crippen LogP contribution is 2.17. The fourth-order valence-electron chi connectivity index (χ4n) is 1.92. The second-order valence-electron chi connectivity index (χ2n) is 4.37. The van der Waals surface area contributed by atoms with E-state index in [1.165, 1.54) is 11.3 Å². The standard InChI is InChI=1S/C12H17N3O4S/c16-10(14-4-6-19-7-5-14)9-15(3-1-11(17)18)12-13-2-8-20-12/h2,8H,1,3-7,9H2,(H,17,18). The van der Waals surface area contributed by atoms with Gasteiger partial charge in [-0.05, 0) is 0 Å². The van der Waals surface area contributed by atoms with E-state index in [0.29, 0.717) is 31.4 Å². The molecule has 0 spiro atoms. The van der Waals surface area contributed by atoms with E-state index in [1.54, 1.807) is 16.0 Å². The molecule has 1 aromatic heterocycles. The van der Waals surface area contributed by atoms with E-state index in [1.807, 2.05) is 5.38 Å². The number of thiazole rings is 1. The largest absolute Gasteiger partial charge is 0.481 e. The average Bonchev–Trinajstić information content (AvgIpc) is 2.98. The number of carbonyl (C=O) groups is 2. The Balaban J connectivity index is 1.95. The Hall–Kier alpha value is -1.67. The zero-order valence-corrected chi connectivity index (χ0v) is 11.8. The molecule has 0 radical (unpaired) electrons. The Bertz CT molecular complexity index is 446. The number of carboxylic acids is 1. The van der Waals surface area contributed by atoms with Crippen molar-refractivity contribution in [3.63, 3.8) is 0 Å². The van der Waals surface area contributed by atoms with Crippen molar-refractivity contribution in [2.45, 2.75) is 6.42 Å². The molecule has 1 aliphatic heterocycles. The maximum Gasteiger partial charge on any atom is 0.305 e. The van der Waals surface area contributed by atoms with Gasteiger partial charge in [-0.15, -0.1) is 11.3 Å². The van der Waals surface area contributed by atoms with E-state index in [9.17, 15) is 9.59 Å². The number of ether oxygens (including phenoxy) is 1. The summed E-state index contributed by atoms with van der Waals surface area (Å²) in [5, 5.41) is 11.3. The number of hydrogen-bond acceptors (Lipinski definition) is 6. The number of amides is 1. The minimum Gasteiger partial charge on any atom is -0.481 e. The summed E-state index contributed by atoms with van der Waals surface area (Å²) in [5.41, 5.74) is 0. The van der Waals surface area contributed by atoms with Gasteiger partial charge in [-0.25, -0.2) is 4.98 Å². The fourth-order valence-corrected chi connectivity index (χ4v) is 2.59. The van der Waals surface area contributed by atoms with Crippen LogP contribution < -0.4 is 4.90 Å². The first-order valence-electron chi connectivity index (χ1n) is 6.38. The van der Waals surface area contributed by atoms with E-state index in [0.717, 1.165) is 0 Å². The molecule has 0 bridgehead atoms. The lowest BCUT2D eigenvalue weighted by Crippen LogP contribution is -2.46. The molecule has 1 aromatic rings. The average molecular weight is 299 g/mol. The van der Waals surface area contributed by atoms with Crippen molar-refractivity contribution in [1.29, 1.82) is 0 Å². The van der Waals surface area contributed by atoms with E-state index >= 15 is 0 Å². The Morgan fingerprint density at radius 2 is 2.20 bits per heavy atom. The fraction of sp³-hybridized carbons (Fsp3) is 0.583. The first-order valence-corrected chi connectivity index (χ1v) is 7.26. The van der Waals surface area contributed by atoms with Crippen LogP contribution in [0.4, 0.5) is 5.13 Å². The summed E-state index contributed by atoms with van der Waals surface area (Å²) in [6.07, 6.45) is 1.63. The number of aromatic nitrogens is 1. The van der Waals surface area contributed by atoms with Gasteiger partial charge in [-0.1, -0.05) is 0 Å². The van der Waals surface area contributed by atoms with Gasteiger partial charge < -0.3 is 19.6 Å². The third kappa shape index (κ3) is 4.17. The topological polar surface area (TPSA) is 83.0 Å². The summed E-state index contributed by atoms with van der Waals surface area (Å²) in [5.74, 6) is -0.903. The van der Waals surface area contributed by atoms with Gasteiger partial charge in [-0.3, -0.25) is 9.59 Å². The van der Waals surface area contributed by atoms with Gasteiger partial charge >= 0.3 is 5.97 Å². The number of anilines is 1. The molecule has 1 amide bonds. The van der Waals surface area contributed by atoms with Gasteiger partial charge in [0.15, 0.2) is 5.13 Å². The van der Waals surface area contributed by atoms with Crippen LogP contribution in [0.3, 0.4) is 0 Å². The molecular formula is C12H17N3O4S. The minimum absolute atomic E-state index is 0.0179. The Labute approximate surface area is 120 Å². The number of carbonyl (C=O) groups excluding carboxylic acids is 1. The molecule has 1 N–H and O–H groups in total. The first-order chi connectivity index (χ1) is 9.66. The molecule has 1 aliphatic rings. The predicted molar refractivity (Wildman–Crippen MR) is 74.0 cm³/mol. The second-order valence-corrected chi connectivity index (χ2v) is 5.25. The Morgan fingerprint density at radius 3 is 2.80 bits per heavy atom. The summed E-state index contributed by atoms with van der Waals surface area (Å²) < 4.78 is 5.21. The maximum atomic E-state index is 12.2. The summed E-state index contributed by atoms with van der Waals surface area (Å²) in [7, 11) is 0. The number of carboxylic acid groups (broad SMARTS) is 1. The summed E-state index contributed by atoms with van der Waals surface area (Å²) in [4.78, 5) is 30.5. The summed E-state index contributed by atoms with van der Waals surface area (Å²) in [6, 6.07) is 0. The van der Waals surface area contributed by atoms with Crippen LogP contribution in [-0.4, -0.2) is 66.3 Å². The predicted octanol–water partition coefficient (Wildman–Crippen LogP) is 0.283. The number of nitrogens with zero attached hydrogens (tertiary/aromatic N) is 3. The summed E-state index contributed by atoms with van der Waals surface area (Å²) in [6.45, 7) is 2.71. The molecular weight excluding hydrogens is 282 g/mol. The molecule has 1 fully saturated rings. The van der Waals surface area contributed by atoms with E-state index in [2.05, 4.69) is 4.98 Å². The molecule has 8 heteroatoms. The van der Waals surface area contributed by atoms with Gasteiger partial charge in [0.1, 0.15) is 0 Å². The maximum absolute atomic E-state index is 12.2. The van der Waals surface area contributed by atoms with Crippen LogP contribution in [0.2, 0.25) is 0 Å². The van der Waals surface area contributed by atoms with Crippen LogP contribution in [0, 0.1) is 0 Å². The van der Waals surface area contributed by atoms with Crippen LogP contribution in [0.1, 0.15) is 6.42 Å². The molecule has 20 heavy (non-hydrogen) atoms. The monoisotopic (exact) mass is 299 g/mol. The highest BCUT2D eigenvalue weighted by atomic mass is 32.1. The molecule has 0 unspecified atom stereocenters. The van der Waals surface area contributed by atoms with Gasteiger partial charge in [0, 0.05) is 31.2 Å². The van der Waals surface area contributed by atoms with E-state index < -0.39 is 5.97 Å². The molecule has 2 heterocycles. The lowest BCUT2D eigenvalue weighted by molar-refractivity contribution is -0.137. The van der Waals surface area contributed by atoms with Crippen molar-refractivity contribution >= 4 is 28.3 Å². The Morgan fingerprint density at radius 1 is 1.45 bits per heavy atom. The lowest BCUT2D eigenvalue weighted by Gasteiger charge is -2.29. The normalized spacial score (nSPS) is 15.1. The van der Waals surface area contributed by atoms with E-state index in [4.69, 9.17) is 9.84 Å². The third-order valence-corrected chi connectivity index (χ3v) is 3.81. The van der Waals surface area contributed by atoms with Crippen LogP contribution in [0.5, 0.6) is 0 Å². The summed E-state index contributed by atoms with van der Waals surface area (Å²) >= 11 is 1.40. The molecule has 7 nitrogen and oxygen atoms in total. The van der Waals surface area contributed by atoms with Gasteiger partial charge in [0.2, 0.25) is 5.91 Å². The van der Waals surface area contributed by atoms with Crippen molar-refractivity contribution in [1.82, 2.24) is 9.88 Å². The van der Waals surface area contributed by atoms with Crippen LogP contribution in [0.25, 0.3) is 0 Å². The van der Waals surface area contributed by atoms with Crippen molar-refractivity contribution < 1.29 is 19.4 Å². The van der Waals surface area contributed by atoms with E-state index in [-0.39, 0.29) is 25.4 Å². The number of hydrogen-bond donors (Lipinski definition) is 1. The number of aliphatic carboxylic acids is 1. The minimum atomic E-state index is -0.884. The van der Waals surface area contributed by atoms with Crippen LogP contribution in [-0.2, 0) is 14.3 Å². The third-order valence-electron chi connectivity index (χ3n) is 2.98. The van der Waals surface area contributed by atoms with Crippen LogP contribution in [0.15, 0.2) is 11.6 Å².